The summed E-state index contributed by atoms with van der Waals surface area (Å²) in [4.78, 5) is 12.6. The van der Waals surface area contributed by atoms with E-state index < -0.39 is 26.7 Å². The molecule has 0 bridgehead atoms. The summed E-state index contributed by atoms with van der Waals surface area (Å²) < 4.78 is 38.3. The predicted octanol–water partition coefficient (Wildman–Crippen LogP) is 3.85. The Bertz CT molecular complexity index is 1710. The molecule has 9 nitrogen and oxygen atoms in total. The van der Waals surface area contributed by atoms with Crippen LogP contribution in [0.2, 0.25) is 10.0 Å². The topological polar surface area (TPSA) is 140 Å². The monoisotopic (exact) mass is 595 g/mol. The summed E-state index contributed by atoms with van der Waals surface area (Å²) in [5.74, 6) is -0.906. The second-order valence-electron chi connectivity index (χ2n) is 8.12. The number of carbonyl (C=O) groups excluding carboxylic acids is 1. The number of rotatable bonds is 7. The summed E-state index contributed by atoms with van der Waals surface area (Å²) in [6.07, 6.45) is 0. The number of hydrogen-bond acceptors (Lipinski definition) is 7. The average molecular weight is 596 g/mol. The number of amides is 1. The van der Waals surface area contributed by atoms with Crippen molar-refractivity contribution in [2.45, 2.75) is 18.7 Å². The number of azo groups is 1. The number of fused-ring (bicyclic) bond motifs is 1. The molecule has 13 heteroatoms. The number of aryl methyl sites for hydroxylation is 1. The molecule has 1 amide bonds. The van der Waals surface area contributed by atoms with Gasteiger partial charge in [-0.2, -0.15) is 13.5 Å². The second kappa shape index (κ2) is 12.6. The number of nitrogens with zero attached hydrogens (tertiary/aromatic N) is 2. The van der Waals surface area contributed by atoms with Gasteiger partial charge >= 0.3 is 29.6 Å². The molecule has 0 saturated heterocycles. The molecule has 0 aromatic heterocycles. The van der Waals surface area contributed by atoms with Crippen LogP contribution in [-0.2, 0) is 10.1 Å². The van der Waals surface area contributed by atoms with Gasteiger partial charge in [-0.05, 0) is 55.1 Å². The van der Waals surface area contributed by atoms with E-state index in [-0.39, 0.29) is 62.2 Å². The molecule has 0 fully saturated rings. The molecular weight excluding hydrogens is 576 g/mol. The number of ether oxygens (including phenoxy) is 1. The van der Waals surface area contributed by atoms with Crippen LogP contribution in [0.1, 0.15) is 22.8 Å². The molecular formula is C26H20Cl2N3NaO6S. The van der Waals surface area contributed by atoms with Crippen molar-refractivity contribution in [3.63, 3.8) is 0 Å². The Balaban J connectivity index is 0.00000420. The number of carbonyl (C=O) groups is 1. The van der Waals surface area contributed by atoms with Crippen LogP contribution in [-0.4, -0.2) is 25.5 Å². The molecule has 0 saturated carbocycles. The Labute approximate surface area is 256 Å². The van der Waals surface area contributed by atoms with Crippen LogP contribution in [0.5, 0.6) is 11.5 Å². The van der Waals surface area contributed by atoms with Crippen molar-refractivity contribution in [2.75, 3.05) is 11.9 Å². The summed E-state index contributed by atoms with van der Waals surface area (Å²) in [6, 6.07) is 15.6. The molecule has 4 aromatic rings. The van der Waals surface area contributed by atoms with Gasteiger partial charge in [-0.25, -0.2) is 0 Å². The van der Waals surface area contributed by atoms with E-state index in [0.717, 1.165) is 0 Å². The van der Waals surface area contributed by atoms with Gasteiger partial charge in [-0.15, -0.1) is 5.11 Å². The van der Waals surface area contributed by atoms with Crippen molar-refractivity contribution in [2.24, 2.45) is 10.2 Å². The smallest absolute Gasteiger partial charge is 0.870 e. The number of anilines is 1. The zero-order chi connectivity index (χ0) is 27.6. The largest absolute Gasteiger partial charge is 1.00 e. The number of benzene rings is 4. The molecule has 4 aromatic carbocycles. The molecule has 0 aliphatic rings. The van der Waals surface area contributed by atoms with Gasteiger partial charge in [-0.3, -0.25) is 9.35 Å². The summed E-state index contributed by atoms with van der Waals surface area (Å²) in [6.45, 7) is 3.85. The van der Waals surface area contributed by atoms with Crippen LogP contribution in [0.3, 0.4) is 0 Å². The Hall–Kier alpha value is -2.70. The maximum absolute atomic E-state index is 13.4. The SMILES string of the molecule is CCOc1ccc(NC(=O)c2cc3ccccc3c(N=Nc3cc(C)cc(S(=O)(=O)O)c3Cl)c2[O-])c(Cl)c1.[Na+]. The first kappa shape index (κ1) is 30.8. The van der Waals surface area contributed by atoms with Crippen LogP contribution < -0.4 is 44.7 Å². The first-order chi connectivity index (χ1) is 18.0. The molecule has 39 heavy (non-hydrogen) atoms. The maximum atomic E-state index is 13.4. The Morgan fingerprint density at radius 1 is 1.08 bits per heavy atom. The Morgan fingerprint density at radius 3 is 2.46 bits per heavy atom. The van der Waals surface area contributed by atoms with E-state index in [1.54, 1.807) is 49.4 Å². The third-order valence-corrected chi connectivity index (χ3v) is 7.12. The van der Waals surface area contributed by atoms with E-state index in [1.807, 2.05) is 6.92 Å². The number of nitrogens with one attached hydrogen (secondary N) is 1. The van der Waals surface area contributed by atoms with Gasteiger partial charge in [0.2, 0.25) is 0 Å². The van der Waals surface area contributed by atoms with Gasteiger partial charge in [-0.1, -0.05) is 53.2 Å². The minimum absolute atomic E-state index is 0. The van der Waals surface area contributed by atoms with Gasteiger partial charge in [0.05, 0.1) is 28.0 Å². The summed E-state index contributed by atoms with van der Waals surface area (Å²) >= 11 is 12.4. The Morgan fingerprint density at radius 2 is 1.79 bits per heavy atom. The van der Waals surface area contributed by atoms with Crippen LogP contribution in [0, 0.1) is 6.92 Å². The van der Waals surface area contributed by atoms with E-state index in [9.17, 15) is 22.9 Å². The van der Waals surface area contributed by atoms with Gasteiger partial charge in [0, 0.05) is 17.0 Å². The summed E-state index contributed by atoms with van der Waals surface area (Å²) in [7, 11) is -4.63. The van der Waals surface area contributed by atoms with E-state index in [1.165, 1.54) is 18.2 Å². The molecule has 0 aliphatic heterocycles. The molecule has 196 valence electrons. The predicted molar refractivity (Wildman–Crippen MR) is 144 cm³/mol. The van der Waals surface area contributed by atoms with E-state index in [0.29, 0.717) is 28.7 Å². The molecule has 0 aliphatic carbocycles. The molecule has 0 atom stereocenters. The number of hydrogen-bond donors (Lipinski definition) is 2. The molecule has 4 rings (SSSR count). The van der Waals surface area contributed by atoms with Crippen LogP contribution in [0.4, 0.5) is 17.1 Å². The van der Waals surface area contributed by atoms with Crippen molar-refractivity contribution < 1.29 is 57.2 Å². The standard InChI is InChI=1S/C26H21Cl2N3O6S.Na/c1-3-37-16-8-9-20(19(27)13-16)29-26(33)18-12-15-6-4-5-7-17(15)24(25(18)32)31-30-21-10-14(2)11-22(23(21)28)38(34,35)36;/h4-13,32H,3H2,1-2H3,(H,29,33)(H,34,35,36);/q;+1/p-1. The molecule has 0 radical (unpaired) electrons. The van der Waals surface area contributed by atoms with Crippen LogP contribution in [0.15, 0.2) is 75.8 Å². The van der Waals surface area contributed by atoms with Crippen molar-refractivity contribution in [1.82, 2.24) is 0 Å². The van der Waals surface area contributed by atoms with Crippen LogP contribution in [0.25, 0.3) is 10.8 Å². The van der Waals surface area contributed by atoms with Gasteiger partial charge < -0.3 is 15.2 Å². The zero-order valence-corrected chi connectivity index (χ0v) is 25.4. The Kier molecular flexibility index (Phi) is 10.0. The third-order valence-electron chi connectivity index (χ3n) is 5.42. The zero-order valence-electron chi connectivity index (χ0n) is 21.0. The fraction of sp³-hybridized carbons (Fsp3) is 0.115. The normalized spacial score (nSPS) is 11.4. The molecule has 2 N–H and O–H groups in total. The van der Waals surface area contributed by atoms with Crippen molar-refractivity contribution in [3.05, 3.63) is 81.8 Å². The van der Waals surface area contributed by atoms with Gasteiger partial charge in [0.1, 0.15) is 16.3 Å². The average Bonchev–Trinajstić information content (AvgIpc) is 2.86. The van der Waals surface area contributed by atoms with Gasteiger partial charge in [0.15, 0.2) is 0 Å². The fourth-order valence-corrected chi connectivity index (χ4v) is 5.03. The summed E-state index contributed by atoms with van der Waals surface area (Å²) in [5.41, 5.74) is 0.260. The van der Waals surface area contributed by atoms with Gasteiger partial charge in [0.25, 0.3) is 16.0 Å². The second-order valence-corrected chi connectivity index (χ2v) is 10.3. The number of halogens is 2. The fourth-order valence-electron chi connectivity index (χ4n) is 3.70. The van der Waals surface area contributed by atoms with Crippen molar-refractivity contribution in [1.29, 1.82) is 0 Å². The first-order valence-electron chi connectivity index (χ1n) is 11.2. The maximum Gasteiger partial charge on any atom is 1.00 e. The van der Waals surface area contributed by atoms with E-state index >= 15 is 0 Å². The minimum Gasteiger partial charge on any atom is -0.870 e. The minimum atomic E-state index is -4.63. The molecule has 0 spiro atoms. The first-order valence-corrected chi connectivity index (χ1v) is 13.3. The molecule has 0 heterocycles. The van der Waals surface area contributed by atoms with E-state index in [2.05, 4.69) is 15.5 Å². The quantitative estimate of drug-likeness (QED) is 0.189. The third kappa shape index (κ3) is 6.90. The van der Waals surface area contributed by atoms with Crippen molar-refractivity contribution in [3.8, 4) is 11.5 Å². The summed E-state index contributed by atoms with van der Waals surface area (Å²) in [5, 5.41) is 24.9. The molecule has 0 unspecified atom stereocenters. The van der Waals surface area contributed by atoms with E-state index in [4.69, 9.17) is 27.9 Å². The van der Waals surface area contributed by atoms with Crippen LogP contribution >= 0.6 is 23.2 Å². The van der Waals surface area contributed by atoms with Crippen molar-refractivity contribution >= 4 is 67.1 Å².